The fraction of sp³-hybridized carbons (Fsp3) is 0.950. The molecule has 160 valence electrons. The lowest BCUT2D eigenvalue weighted by Gasteiger charge is -2.40. The summed E-state index contributed by atoms with van der Waals surface area (Å²) in [5, 5.41) is 11.3. The molecule has 0 aromatic carbocycles. The van der Waals surface area contributed by atoms with Gasteiger partial charge in [0.25, 0.3) is 0 Å². The molecule has 1 aliphatic heterocycles. The number of rotatable bonds is 5. The van der Waals surface area contributed by atoms with Gasteiger partial charge in [-0.1, -0.05) is 19.3 Å². The van der Waals surface area contributed by atoms with Crippen LogP contribution < -0.4 is 10.1 Å². The van der Waals surface area contributed by atoms with Crippen molar-refractivity contribution in [3.8, 4) is 0 Å². The minimum absolute atomic E-state index is 0.0385. The number of carbonyl (C=O) groups is 1. The Morgan fingerprint density at radius 1 is 1.07 bits per heavy atom. The van der Waals surface area contributed by atoms with Gasteiger partial charge in [-0.3, -0.25) is 10.2 Å². The highest BCUT2D eigenvalue weighted by Crippen LogP contribution is 2.47. The van der Waals surface area contributed by atoms with E-state index in [1.165, 1.54) is 0 Å². The molecule has 1 heterocycles. The number of carboxylic acids is 1. The number of hydrogen-bond donors (Lipinski definition) is 3. The second-order valence-electron chi connectivity index (χ2n) is 9.53. The first-order chi connectivity index (χ1) is 13.3. The molecule has 7 nitrogen and oxygen atoms in total. The van der Waals surface area contributed by atoms with Crippen LogP contribution in [0, 0.1) is 17.8 Å². The predicted octanol–water partition coefficient (Wildman–Crippen LogP) is 2.10. The second kappa shape index (κ2) is 8.20. The molecule has 8 heteroatoms. The monoisotopic (exact) mass is 413 g/mol. The number of aliphatic carboxylic acids is 1. The summed E-state index contributed by atoms with van der Waals surface area (Å²) in [5.41, 5.74) is 3.46. The number of nitrogens with one attached hydrogen (secondary N) is 2. The Morgan fingerprint density at radius 3 is 2.57 bits per heavy atom. The van der Waals surface area contributed by atoms with Crippen molar-refractivity contribution in [3.63, 3.8) is 0 Å². The summed E-state index contributed by atoms with van der Waals surface area (Å²) in [4.78, 5) is 11.6. The van der Waals surface area contributed by atoms with Crippen LogP contribution in [-0.4, -0.2) is 54.4 Å². The molecule has 3 N–H and O–H groups in total. The van der Waals surface area contributed by atoms with Gasteiger partial charge in [0, 0.05) is 24.7 Å². The molecule has 0 radical (unpaired) electrons. The fourth-order valence-corrected chi connectivity index (χ4v) is 8.51. The zero-order valence-electron chi connectivity index (χ0n) is 16.8. The van der Waals surface area contributed by atoms with E-state index in [0.717, 1.165) is 57.9 Å². The first-order valence-corrected chi connectivity index (χ1v) is 12.7. The molecule has 3 aliphatic carbocycles. The molecular weight excluding hydrogens is 378 g/mol. The molecule has 4 rings (SSSR count). The summed E-state index contributed by atoms with van der Waals surface area (Å²) in [6.45, 7) is 3.22. The molecular formula is C20H35N3O4S. The van der Waals surface area contributed by atoms with Gasteiger partial charge < -0.3 is 5.11 Å². The molecule has 3 saturated carbocycles. The van der Waals surface area contributed by atoms with E-state index >= 15 is 0 Å². The Labute approximate surface area is 168 Å². The molecule has 7 atom stereocenters. The average Bonchev–Trinajstić information content (AvgIpc) is 3.29. The van der Waals surface area contributed by atoms with E-state index in [1.54, 1.807) is 0 Å². The summed E-state index contributed by atoms with van der Waals surface area (Å²) in [5.74, 6) is -0.968. The van der Waals surface area contributed by atoms with Gasteiger partial charge in [0.15, 0.2) is 0 Å². The lowest BCUT2D eigenvalue weighted by molar-refractivity contribution is -0.143. The van der Waals surface area contributed by atoms with Crippen molar-refractivity contribution < 1.29 is 18.3 Å². The molecule has 0 aromatic heterocycles. The van der Waals surface area contributed by atoms with Crippen LogP contribution in [0.2, 0.25) is 0 Å². The minimum Gasteiger partial charge on any atom is -0.481 e. The van der Waals surface area contributed by atoms with E-state index in [2.05, 4.69) is 22.1 Å². The van der Waals surface area contributed by atoms with E-state index in [0.29, 0.717) is 18.5 Å². The fourth-order valence-electron chi connectivity index (χ4n) is 6.35. The topological polar surface area (TPSA) is 98.7 Å². The number of hydrazine groups is 1. The largest absolute Gasteiger partial charge is 0.481 e. The Balaban J connectivity index is 1.44. The summed E-state index contributed by atoms with van der Waals surface area (Å²) >= 11 is 0. The van der Waals surface area contributed by atoms with Crippen LogP contribution in [-0.2, 0) is 14.8 Å². The quantitative estimate of drug-likeness (QED) is 0.638. The van der Waals surface area contributed by atoms with Gasteiger partial charge >= 0.3 is 5.97 Å². The van der Waals surface area contributed by atoms with Crippen molar-refractivity contribution in [2.24, 2.45) is 17.8 Å². The third kappa shape index (κ3) is 4.11. The molecule has 4 fully saturated rings. The van der Waals surface area contributed by atoms with Crippen molar-refractivity contribution in [2.75, 3.05) is 6.54 Å². The van der Waals surface area contributed by atoms with Crippen LogP contribution in [0.25, 0.3) is 0 Å². The zero-order chi connectivity index (χ0) is 19.9. The van der Waals surface area contributed by atoms with Crippen LogP contribution in [0.3, 0.4) is 0 Å². The Bertz CT molecular complexity index is 685. The molecule has 0 amide bonds. The van der Waals surface area contributed by atoms with Crippen LogP contribution in [0.1, 0.15) is 71.1 Å². The molecule has 0 spiro atoms. The molecule has 28 heavy (non-hydrogen) atoms. The highest BCUT2D eigenvalue weighted by atomic mass is 32.2. The van der Waals surface area contributed by atoms with Crippen LogP contribution in [0.5, 0.6) is 0 Å². The Hall–Kier alpha value is -0.700. The molecule has 0 aromatic rings. The summed E-state index contributed by atoms with van der Waals surface area (Å²) < 4.78 is 29.7. The zero-order valence-corrected chi connectivity index (χ0v) is 17.7. The van der Waals surface area contributed by atoms with Crippen LogP contribution in [0.15, 0.2) is 0 Å². The van der Waals surface area contributed by atoms with Crippen molar-refractivity contribution >= 4 is 16.0 Å². The SMILES string of the molecule is CC1CCNN1C1CCCC(NS(=O)(=O)C2CC(C(=O)O)CC3CCCC32)C1. The summed E-state index contributed by atoms with van der Waals surface area (Å²) in [7, 11) is -3.52. The molecule has 0 bridgehead atoms. The molecule has 4 aliphatic rings. The Morgan fingerprint density at radius 2 is 1.86 bits per heavy atom. The minimum atomic E-state index is -3.52. The van der Waals surface area contributed by atoms with Gasteiger partial charge in [-0.25, -0.2) is 18.1 Å². The predicted molar refractivity (Wildman–Crippen MR) is 107 cm³/mol. The van der Waals surface area contributed by atoms with E-state index in [-0.39, 0.29) is 24.3 Å². The van der Waals surface area contributed by atoms with Crippen LogP contribution >= 0.6 is 0 Å². The van der Waals surface area contributed by atoms with Gasteiger partial charge in [-0.15, -0.1) is 0 Å². The van der Waals surface area contributed by atoms with Crippen molar-refractivity contribution in [3.05, 3.63) is 0 Å². The van der Waals surface area contributed by atoms with Gasteiger partial charge in [0.05, 0.1) is 11.2 Å². The van der Waals surface area contributed by atoms with Crippen molar-refractivity contribution in [1.82, 2.24) is 15.2 Å². The summed E-state index contributed by atoms with van der Waals surface area (Å²) in [6, 6.07) is 0.828. The number of hydrogen-bond acceptors (Lipinski definition) is 5. The first-order valence-electron chi connectivity index (χ1n) is 11.1. The maximum absolute atomic E-state index is 13.3. The lowest BCUT2D eigenvalue weighted by atomic mass is 9.75. The normalized spacial score (nSPS) is 42.4. The van der Waals surface area contributed by atoms with Crippen molar-refractivity contribution in [2.45, 2.75) is 94.5 Å². The Kier molecular flexibility index (Phi) is 6.03. The van der Waals surface area contributed by atoms with E-state index in [4.69, 9.17) is 0 Å². The third-order valence-electron chi connectivity index (χ3n) is 7.75. The lowest BCUT2D eigenvalue weighted by Crippen LogP contribution is -2.53. The second-order valence-corrected chi connectivity index (χ2v) is 11.5. The number of carboxylic acid groups (broad SMARTS) is 1. The first kappa shape index (κ1) is 20.6. The van der Waals surface area contributed by atoms with Crippen LogP contribution in [0.4, 0.5) is 0 Å². The number of sulfonamides is 1. The third-order valence-corrected chi connectivity index (χ3v) is 9.75. The highest BCUT2D eigenvalue weighted by Gasteiger charge is 2.48. The van der Waals surface area contributed by atoms with Gasteiger partial charge in [-0.05, 0) is 63.7 Å². The van der Waals surface area contributed by atoms with E-state index in [9.17, 15) is 18.3 Å². The van der Waals surface area contributed by atoms with E-state index < -0.39 is 27.2 Å². The standard InChI is InChI=1S/C20H35N3O4S/c1-13-8-9-21-23(13)17-6-3-5-16(12-17)22-28(26,27)19-11-15(20(24)25)10-14-4-2-7-18(14)19/h13-19,21-22H,2-12H2,1H3,(H,24,25). The maximum Gasteiger partial charge on any atom is 0.306 e. The molecule has 1 saturated heterocycles. The smallest absolute Gasteiger partial charge is 0.306 e. The average molecular weight is 414 g/mol. The van der Waals surface area contributed by atoms with Gasteiger partial charge in [-0.2, -0.15) is 0 Å². The highest BCUT2D eigenvalue weighted by molar-refractivity contribution is 7.90. The molecule has 7 unspecified atom stereocenters. The van der Waals surface area contributed by atoms with Gasteiger partial charge in [0.1, 0.15) is 0 Å². The number of fused-ring (bicyclic) bond motifs is 1. The van der Waals surface area contributed by atoms with Gasteiger partial charge in [0.2, 0.25) is 10.0 Å². The van der Waals surface area contributed by atoms with E-state index in [1.807, 2.05) is 0 Å². The maximum atomic E-state index is 13.3. The number of nitrogens with zero attached hydrogens (tertiary/aromatic N) is 1. The van der Waals surface area contributed by atoms with Crippen molar-refractivity contribution in [1.29, 1.82) is 0 Å². The summed E-state index contributed by atoms with van der Waals surface area (Å²) in [6.07, 6.45) is 8.81.